The fraction of sp³-hybridized carbons (Fsp3) is 0.625. The number of nitrogens with one attached hydrogen (secondary N) is 1. The molecule has 23 heavy (non-hydrogen) atoms. The SMILES string of the molecule is O=C(O)CN1CCOC[C@@]2(C[C@H](CNc3cccnc3)CO2)C1. The third-order valence-corrected chi connectivity index (χ3v) is 4.33. The van der Waals surface area contributed by atoms with Gasteiger partial charge in [0.2, 0.25) is 0 Å². The third-order valence-electron chi connectivity index (χ3n) is 4.33. The monoisotopic (exact) mass is 321 g/mol. The molecule has 2 aliphatic rings. The van der Waals surface area contributed by atoms with Gasteiger partial charge >= 0.3 is 5.97 Å². The molecule has 0 unspecified atom stereocenters. The van der Waals surface area contributed by atoms with E-state index in [9.17, 15) is 4.79 Å². The minimum atomic E-state index is -0.810. The van der Waals surface area contributed by atoms with E-state index in [0.717, 1.165) is 18.7 Å². The molecule has 2 fully saturated rings. The maximum Gasteiger partial charge on any atom is 0.317 e. The first-order valence-corrected chi connectivity index (χ1v) is 7.95. The van der Waals surface area contributed by atoms with Crippen LogP contribution in [-0.4, -0.2) is 72.6 Å². The van der Waals surface area contributed by atoms with Crippen molar-refractivity contribution in [1.29, 1.82) is 0 Å². The van der Waals surface area contributed by atoms with E-state index in [0.29, 0.717) is 38.8 Å². The van der Waals surface area contributed by atoms with Gasteiger partial charge in [-0.15, -0.1) is 0 Å². The van der Waals surface area contributed by atoms with Crippen LogP contribution in [0.5, 0.6) is 0 Å². The number of ether oxygens (including phenoxy) is 2. The van der Waals surface area contributed by atoms with Gasteiger partial charge in [-0.3, -0.25) is 14.7 Å². The lowest BCUT2D eigenvalue weighted by Crippen LogP contribution is -2.45. The van der Waals surface area contributed by atoms with Gasteiger partial charge in [0, 0.05) is 37.9 Å². The molecule has 0 saturated carbocycles. The molecule has 7 heteroatoms. The normalized spacial score (nSPS) is 28.6. The molecule has 0 radical (unpaired) electrons. The molecule has 0 aromatic carbocycles. The van der Waals surface area contributed by atoms with E-state index in [1.165, 1.54) is 0 Å². The summed E-state index contributed by atoms with van der Waals surface area (Å²) in [6, 6.07) is 3.89. The van der Waals surface area contributed by atoms with Crippen molar-refractivity contribution in [3.05, 3.63) is 24.5 Å². The maximum absolute atomic E-state index is 11.0. The second kappa shape index (κ2) is 7.25. The molecule has 1 spiro atoms. The molecule has 0 aliphatic carbocycles. The summed E-state index contributed by atoms with van der Waals surface area (Å²) in [6.45, 7) is 3.85. The van der Waals surface area contributed by atoms with Crippen molar-refractivity contribution < 1.29 is 19.4 Å². The first-order chi connectivity index (χ1) is 11.2. The number of carboxylic acid groups (broad SMARTS) is 1. The lowest BCUT2D eigenvalue weighted by atomic mass is 9.94. The second-order valence-electron chi connectivity index (χ2n) is 6.34. The first kappa shape index (κ1) is 16.2. The van der Waals surface area contributed by atoms with Gasteiger partial charge in [-0.25, -0.2) is 0 Å². The number of hydrogen-bond donors (Lipinski definition) is 2. The Kier molecular flexibility index (Phi) is 5.09. The number of hydrogen-bond acceptors (Lipinski definition) is 6. The molecule has 2 aliphatic heterocycles. The van der Waals surface area contributed by atoms with Crippen LogP contribution in [0.2, 0.25) is 0 Å². The summed E-state index contributed by atoms with van der Waals surface area (Å²) >= 11 is 0. The average molecular weight is 321 g/mol. The predicted octanol–water partition coefficient (Wildman–Crippen LogP) is 0.686. The van der Waals surface area contributed by atoms with Crippen LogP contribution in [0, 0.1) is 5.92 Å². The lowest BCUT2D eigenvalue weighted by Gasteiger charge is -2.30. The smallest absolute Gasteiger partial charge is 0.317 e. The van der Waals surface area contributed by atoms with Crippen LogP contribution in [0.1, 0.15) is 6.42 Å². The van der Waals surface area contributed by atoms with Crippen molar-refractivity contribution in [2.75, 3.05) is 51.3 Å². The Labute approximate surface area is 135 Å². The fourth-order valence-electron chi connectivity index (χ4n) is 3.32. The van der Waals surface area contributed by atoms with Gasteiger partial charge in [0.25, 0.3) is 0 Å². The Balaban J connectivity index is 1.55. The van der Waals surface area contributed by atoms with Crippen LogP contribution in [0.15, 0.2) is 24.5 Å². The zero-order valence-corrected chi connectivity index (χ0v) is 13.1. The van der Waals surface area contributed by atoms with Crippen molar-refractivity contribution in [3.63, 3.8) is 0 Å². The first-order valence-electron chi connectivity index (χ1n) is 7.95. The molecule has 7 nitrogen and oxygen atoms in total. The minimum absolute atomic E-state index is 0.0348. The summed E-state index contributed by atoms with van der Waals surface area (Å²) < 4.78 is 11.7. The topological polar surface area (TPSA) is 83.9 Å². The zero-order chi connectivity index (χ0) is 16.1. The van der Waals surface area contributed by atoms with Crippen molar-refractivity contribution >= 4 is 11.7 Å². The molecule has 0 amide bonds. The highest BCUT2D eigenvalue weighted by molar-refractivity contribution is 5.69. The van der Waals surface area contributed by atoms with Crippen molar-refractivity contribution in [2.24, 2.45) is 5.92 Å². The van der Waals surface area contributed by atoms with E-state index in [2.05, 4.69) is 10.3 Å². The van der Waals surface area contributed by atoms with Crippen LogP contribution in [0.4, 0.5) is 5.69 Å². The minimum Gasteiger partial charge on any atom is -0.480 e. The summed E-state index contributed by atoms with van der Waals surface area (Å²) in [4.78, 5) is 17.0. The summed E-state index contributed by atoms with van der Waals surface area (Å²) in [5, 5.41) is 12.4. The third kappa shape index (κ3) is 4.40. The van der Waals surface area contributed by atoms with E-state index in [4.69, 9.17) is 14.6 Å². The molecule has 1 aromatic rings. The standard InChI is InChI=1S/C16H23N3O4/c20-15(21)9-19-4-5-22-12-16(11-19)6-13(10-23-16)7-18-14-2-1-3-17-8-14/h1-3,8,13,18H,4-7,9-12H2,(H,20,21)/t13-,16-/m1/s1. The molecule has 2 saturated heterocycles. The van der Waals surface area contributed by atoms with Crippen LogP contribution in [-0.2, 0) is 14.3 Å². The molecular weight excluding hydrogens is 298 g/mol. The molecule has 126 valence electrons. The van der Waals surface area contributed by atoms with Gasteiger partial charge in [-0.05, 0) is 18.6 Å². The van der Waals surface area contributed by atoms with Gasteiger partial charge in [0.05, 0.1) is 32.1 Å². The molecule has 2 N–H and O–H groups in total. The number of carbonyl (C=O) groups is 1. The fourth-order valence-corrected chi connectivity index (χ4v) is 3.32. The molecule has 1 aromatic heterocycles. The summed E-state index contributed by atoms with van der Waals surface area (Å²) in [6.07, 6.45) is 4.42. The van der Waals surface area contributed by atoms with Crippen LogP contribution < -0.4 is 5.32 Å². The van der Waals surface area contributed by atoms with Crippen molar-refractivity contribution in [2.45, 2.75) is 12.0 Å². The van der Waals surface area contributed by atoms with E-state index in [1.54, 1.807) is 12.4 Å². The second-order valence-corrected chi connectivity index (χ2v) is 6.34. The highest BCUT2D eigenvalue weighted by atomic mass is 16.5. The zero-order valence-electron chi connectivity index (χ0n) is 13.1. The maximum atomic E-state index is 11.0. The highest BCUT2D eigenvalue weighted by Crippen LogP contribution is 2.32. The number of pyridine rings is 1. The van der Waals surface area contributed by atoms with E-state index >= 15 is 0 Å². The van der Waals surface area contributed by atoms with E-state index in [1.807, 2.05) is 17.0 Å². The molecule has 3 rings (SSSR count). The Bertz CT molecular complexity index is 527. The highest BCUT2D eigenvalue weighted by Gasteiger charge is 2.43. The Morgan fingerprint density at radius 2 is 2.48 bits per heavy atom. The number of rotatable bonds is 5. The largest absolute Gasteiger partial charge is 0.480 e. The summed E-state index contributed by atoms with van der Waals surface area (Å²) in [5.41, 5.74) is 0.617. The van der Waals surface area contributed by atoms with E-state index < -0.39 is 5.97 Å². The average Bonchev–Trinajstić information content (AvgIpc) is 2.82. The van der Waals surface area contributed by atoms with E-state index in [-0.39, 0.29) is 12.1 Å². The molecule has 3 heterocycles. The van der Waals surface area contributed by atoms with Gasteiger partial charge in [0.15, 0.2) is 0 Å². The predicted molar refractivity (Wildman–Crippen MR) is 84.4 cm³/mol. The molecule has 0 bridgehead atoms. The number of aromatic nitrogens is 1. The quantitative estimate of drug-likeness (QED) is 0.825. The number of nitrogens with zero attached hydrogens (tertiary/aromatic N) is 2. The van der Waals surface area contributed by atoms with Gasteiger partial charge in [-0.2, -0.15) is 0 Å². The molecule has 2 atom stereocenters. The lowest BCUT2D eigenvalue weighted by molar-refractivity contribution is -0.139. The Morgan fingerprint density at radius 1 is 1.57 bits per heavy atom. The van der Waals surface area contributed by atoms with Crippen LogP contribution in [0.3, 0.4) is 0 Å². The molecular formula is C16H23N3O4. The van der Waals surface area contributed by atoms with Gasteiger partial charge < -0.3 is 19.9 Å². The Hall–Kier alpha value is -1.70. The number of carboxylic acids is 1. The number of anilines is 1. The van der Waals surface area contributed by atoms with Crippen LogP contribution >= 0.6 is 0 Å². The Morgan fingerprint density at radius 3 is 3.26 bits per heavy atom. The summed E-state index contributed by atoms with van der Waals surface area (Å²) in [5.74, 6) is -0.432. The van der Waals surface area contributed by atoms with Crippen LogP contribution in [0.25, 0.3) is 0 Å². The van der Waals surface area contributed by atoms with Crippen molar-refractivity contribution in [1.82, 2.24) is 9.88 Å². The number of aliphatic carboxylic acids is 1. The van der Waals surface area contributed by atoms with Crippen molar-refractivity contribution in [3.8, 4) is 0 Å². The van der Waals surface area contributed by atoms with Gasteiger partial charge in [0.1, 0.15) is 5.60 Å². The van der Waals surface area contributed by atoms with Gasteiger partial charge in [-0.1, -0.05) is 0 Å². The summed E-state index contributed by atoms with van der Waals surface area (Å²) in [7, 11) is 0.